The van der Waals surface area contributed by atoms with Crippen LogP contribution in [-0.2, 0) is 17.6 Å². The molecule has 2 aliphatic rings. The minimum Gasteiger partial charge on any atom is -0.486 e. The van der Waals surface area contributed by atoms with Gasteiger partial charge in [-0.3, -0.25) is 9.69 Å². The minimum atomic E-state index is 0.0227. The first kappa shape index (κ1) is 21.7. The van der Waals surface area contributed by atoms with Crippen LogP contribution in [0.2, 0.25) is 0 Å². The molecule has 0 N–H and O–H groups in total. The van der Waals surface area contributed by atoms with Crippen LogP contribution in [0.15, 0.2) is 83.9 Å². The average molecular weight is 482 g/mol. The number of carbonyl (C=O) groups is 1. The maximum absolute atomic E-state index is 13.5. The number of thioether (sulfide) groups is 1. The van der Waals surface area contributed by atoms with E-state index in [1.54, 1.807) is 0 Å². The van der Waals surface area contributed by atoms with Crippen molar-refractivity contribution >= 4 is 29.0 Å². The van der Waals surface area contributed by atoms with Gasteiger partial charge in [0.25, 0.3) is 0 Å². The molecule has 1 amide bonds. The molecule has 0 saturated heterocycles. The number of carbonyl (C=O) groups excluding carboxylic acids is 1. The third-order valence-electron chi connectivity index (χ3n) is 6.20. The van der Waals surface area contributed by atoms with Gasteiger partial charge in [-0.25, -0.2) is 0 Å². The number of fused-ring (bicyclic) bond motifs is 3. The smallest absolute Gasteiger partial charge is 0.241 e. The van der Waals surface area contributed by atoms with Gasteiger partial charge in [0.15, 0.2) is 11.5 Å². The predicted octanol–water partition coefficient (Wildman–Crippen LogP) is 5.47. The van der Waals surface area contributed by atoms with Crippen LogP contribution in [-0.4, -0.2) is 35.1 Å². The molecule has 0 fully saturated rings. The Kier molecular flexibility index (Phi) is 5.84. The maximum atomic E-state index is 13.5. The molecule has 0 bridgehead atoms. The first-order chi connectivity index (χ1) is 17.3. The molecule has 0 spiro atoms. The molecule has 6 rings (SSSR count). The molecule has 3 heterocycles. The fraction of sp³-hybridized carbons (Fsp3) is 0.179. The van der Waals surface area contributed by atoms with Crippen molar-refractivity contribution in [3.63, 3.8) is 0 Å². The highest BCUT2D eigenvalue weighted by molar-refractivity contribution is 7.99. The fourth-order valence-corrected chi connectivity index (χ4v) is 5.17. The second-order valence-electron chi connectivity index (χ2n) is 8.39. The molecule has 174 valence electrons. The van der Waals surface area contributed by atoms with Crippen LogP contribution < -0.4 is 14.4 Å². The van der Waals surface area contributed by atoms with Crippen LogP contribution in [0.4, 0.5) is 11.4 Å². The lowest BCUT2D eigenvalue weighted by molar-refractivity contribution is -0.115. The summed E-state index contributed by atoms with van der Waals surface area (Å²) in [4.78, 5) is 15.4. The number of para-hydroxylation sites is 2. The summed E-state index contributed by atoms with van der Waals surface area (Å²) in [6.45, 7) is 1.10. The van der Waals surface area contributed by atoms with Crippen molar-refractivity contribution in [2.75, 3.05) is 23.9 Å². The van der Waals surface area contributed by atoms with E-state index in [-0.39, 0.29) is 11.7 Å². The number of benzene rings is 3. The summed E-state index contributed by atoms with van der Waals surface area (Å²) in [5.74, 6) is 1.75. The molecule has 3 aromatic carbocycles. The summed E-state index contributed by atoms with van der Waals surface area (Å²) in [5, 5.41) is 9.45. The van der Waals surface area contributed by atoms with Crippen LogP contribution in [0.5, 0.6) is 11.5 Å². The van der Waals surface area contributed by atoms with Gasteiger partial charge in [-0.15, -0.1) is 10.2 Å². The number of hydrogen-bond donors (Lipinski definition) is 0. The van der Waals surface area contributed by atoms with E-state index in [4.69, 9.17) is 9.47 Å². The summed E-state index contributed by atoms with van der Waals surface area (Å²) in [7, 11) is 0. The average Bonchev–Trinajstić information content (AvgIpc) is 3.09. The second kappa shape index (κ2) is 9.43. The standard InChI is InChI=1S/C28H23N3O3S/c32-28(31-23-7-3-1-5-19(23)9-10-20-6-2-4-8-24(20)31)18-35-27-14-12-22(29-30-27)21-11-13-25-26(17-21)34-16-15-33-25/h1-8,11-14,17H,9-10,15-16,18H2. The Morgan fingerprint density at radius 1 is 0.800 bits per heavy atom. The molecule has 0 aliphatic carbocycles. The zero-order valence-electron chi connectivity index (χ0n) is 19.0. The monoisotopic (exact) mass is 481 g/mol. The van der Waals surface area contributed by atoms with Crippen molar-refractivity contribution in [1.29, 1.82) is 0 Å². The Labute approximate surface area is 207 Å². The molecular formula is C28H23N3O3S. The number of aromatic nitrogens is 2. The van der Waals surface area contributed by atoms with Gasteiger partial charge in [0.2, 0.25) is 5.91 Å². The molecule has 6 nitrogen and oxygen atoms in total. The lowest BCUT2D eigenvalue weighted by atomic mass is 10.0. The molecule has 0 atom stereocenters. The number of anilines is 2. The molecule has 2 aliphatic heterocycles. The third kappa shape index (κ3) is 4.35. The summed E-state index contributed by atoms with van der Waals surface area (Å²) >= 11 is 1.40. The largest absolute Gasteiger partial charge is 0.486 e. The molecule has 0 saturated carbocycles. The molecule has 1 aromatic heterocycles. The van der Waals surface area contributed by atoms with Gasteiger partial charge in [-0.05, 0) is 66.4 Å². The van der Waals surface area contributed by atoms with Crippen LogP contribution in [0.3, 0.4) is 0 Å². The highest BCUT2D eigenvalue weighted by Crippen LogP contribution is 2.37. The Morgan fingerprint density at radius 2 is 1.49 bits per heavy atom. The van der Waals surface area contributed by atoms with E-state index in [2.05, 4.69) is 22.3 Å². The van der Waals surface area contributed by atoms with E-state index in [9.17, 15) is 4.79 Å². The van der Waals surface area contributed by atoms with Crippen molar-refractivity contribution in [3.05, 3.63) is 90.0 Å². The summed E-state index contributed by atoms with van der Waals surface area (Å²) < 4.78 is 11.3. The number of ether oxygens (including phenoxy) is 2. The SMILES string of the molecule is O=C(CSc1ccc(-c2ccc3c(c2)OCCO3)nn1)N1c2ccccc2CCc2ccccc21. The van der Waals surface area contributed by atoms with E-state index in [1.807, 2.05) is 71.6 Å². The number of rotatable bonds is 4. The highest BCUT2D eigenvalue weighted by Gasteiger charge is 2.25. The van der Waals surface area contributed by atoms with Crippen LogP contribution in [0.1, 0.15) is 11.1 Å². The van der Waals surface area contributed by atoms with Gasteiger partial charge in [-0.2, -0.15) is 0 Å². The Balaban J connectivity index is 1.20. The second-order valence-corrected chi connectivity index (χ2v) is 9.39. The first-order valence-corrected chi connectivity index (χ1v) is 12.6. The van der Waals surface area contributed by atoms with Crippen molar-refractivity contribution in [3.8, 4) is 22.8 Å². The van der Waals surface area contributed by atoms with Gasteiger partial charge in [0.1, 0.15) is 18.2 Å². The normalized spacial score (nSPS) is 14.0. The summed E-state index contributed by atoms with van der Waals surface area (Å²) in [6.07, 6.45) is 1.83. The topological polar surface area (TPSA) is 64.5 Å². The van der Waals surface area contributed by atoms with E-state index < -0.39 is 0 Å². The van der Waals surface area contributed by atoms with E-state index in [1.165, 1.54) is 22.9 Å². The van der Waals surface area contributed by atoms with Crippen molar-refractivity contribution in [2.45, 2.75) is 17.9 Å². The summed E-state index contributed by atoms with van der Waals surface area (Å²) in [6, 6.07) is 25.9. The van der Waals surface area contributed by atoms with Crippen LogP contribution >= 0.6 is 11.8 Å². The molecule has 0 radical (unpaired) electrons. The van der Waals surface area contributed by atoms with Crippen LogP contribution in [0, 0.1) is 0 Å². The van der Waals surface area contributed by atoms with Crippen LogP contribution in [0.25, 0.3) is 11.3 Å². The van der Waals surface area contributed by atoms with Gasteiger partial charge < -0.3 is 9.47 Å². The van der Waals surface area contributed by atoms with Crippen molar-refractivity contribution in [2.24, 2.45) is 0 Å². The quantitative estimate of drug-likeness (QED) is 0.360. The van der Waals surface area contributed by atoms with E-state index in [0.717, 1.165) is 47.0 Å². The van der Waals surface area contributed by atoms with Gasteiger partial charge in [0, 0.05) is 5.56 Å². The molecule has 4 aromatic rings. The third-order valence-corrected chi connectivity index (χ3v) is 7.10. The maximum Gasteiger partial charge on any atom is 0.241 e. The zero-order chi connectivity index (χ0) is 23.6. The molecule has 35 heavy (non-hydrogen) atoms. The van der Waals surface area contributed by atoms with Gasteiger partial charge in [0.05, 0.1) is 22.8 Å². The van der Waals surface area contributed by atoms with E-state index in [0.29, 0.717) is 18.2 Å². The minimum absolute atomic E-state index is 0.0227. The molecule has 7 heteroatoms. The van der Waals surface area contributed by atoms with Gasteiger partial charge in [-0.1, -0.05) is 48.2 Å². The summed E-state index contributed by atoms with van der Waals surface area (Å²) in [5.41, 5.74) is 5.95. The lowest BCUT2D eigenvalue weighted by Gasteiger charge is -2.24. The Hall–Kier alpha value is -3.84. The molecule has 0 unspecified atom stereocenters. The number of aryl methyl sites for hydroxylation is 2. The predicted molar refractivity (Wildman–Crippen MR) is 137 cm³/mol. The Bertz CT molecular complexity index is 1340. The number of nitrogens with zero attached hydrogens (tertiary/aromatic N) is 3. The number of amides is 1. The van der Waals surface area contributed by atoms with E-state index >= 15 is 0 Å². The first-order valence-electron chi connectivity index (χ1n) is 11.6. The van der Waals surface area contributed by atoms with Crippen molar-refractivity contribution < 1.29 is 14.3 Å². The zero-order valence-corrected chi connectivity index (χ0v) is 19.8. The molecular weight excluding hydrogens is 458 g/mol. The fourth-order valence-electron chi connectivity index (χ4n) is 4.50. The van der Waals surface area contributed by atoms with Gasteiger partial charge >= 0.3 is 0 Å². The Morgan fingerprint density at radius 3 is 2.17 bits per heavy atom. The van der Waals surface area contributed by atoms with Crippen molar-refractivity contribution in [1.82, 2.24) is 10.2 Å². The number of hydrogen-bond acceptors (Lipinski definition) is 6. The lowest BCUT2D eigenvalue weighted by Crippen LogP contribution is -2.28. The highest BCUT2D eigenvalue weighted by atomic mass is 32.2.